The monoisotopic (exact) mass is 399 g/mol. The number of rotatable bonds is 5. The highest BCUT2D eigenvalue weighted by molar-refractivity contribution is 5.95. The number of para-hydroxylation sites is 1. The smallest absolute Gasteiger partial charge is 0.352 e. The van der Waals surface area contributed by atoms with E-state index in [-0.39, 0.29) is 5.91 Å². The molecule has 0 spiro atoms. The van der Waals surface area contributed by atoms with Gasteiger partial charge in [-0.25, -0.2) is 4.79 Å². The Labute approximate surface area is 170 Å². The van der Waals surface area contributed by atoms with Crippen LogP contribution in [0.4, 0.5) is 0 Å². The molecule has 3 heterocycles. The Kier molecular flexibility index (Phi) is 5.84. The van der Waals surface area contributed by atoms with Crippen molar-refractivity contribution in [2.45, 2.75) is 6.54 Å². The minimum absolute atomic E-state index is 0.224. The van der Waals surface area contributed by atoms with Crippen molar-refractivity contribution in [2.24, 2.45) is 7.05 Å². The summed E-state index contributed by atoms with van der Waals surface area (Å²) in [5.74, 6) is -0.687. The van der Waals surface area contributed by atoms with Crippen LogP contribution in [0, 0.1) is 0 Å². The van der Waals surface area contributed by atoms with Crippen LogP contribution >= 0.6 is 0 Å². The molecule has 4 rings (SSSR count). The quantitative estimate of drug-likeness (QED) is 0.759. The van der Waals surface area contributed by atoms with E-state index in [0.29, 0.717) is 12.2 Å². The van der Waals surface area contributed by atoms with Crippen LogP contribution in [-0.4, -0.2) is 95.2 Å². The summed E-state index contributed by atoms with van der Waals surface area (Å²) < 4.78 is 1.76. The molecule has 29 heavy (non-hydrogen) atoms. The number of piperazine rings is 2. The van der Waals surface area contributed by atoms with E-state index in [2.05, 4.69) is 21.2 Å². The zero-order valence-corrected chi connectivity index (χ0v) is 16.9. The zero-order valence-electron chi connectivity index (χ0n) is 16.9. The van der Waals surface area contributed by atoms with Gasteiger partial charge in [-0.2, -0.15) is 0 Å². The number of carbonyl (C=O) groups excluding carboxylic acids is 1. The van der Waals surface area contributed by atoms with Gasteiger partial charge in [-0.3, -0.25) is 14.6 Å². The van der Waals surface area contributed by atoms with Crippen LogP contribution in [-0.2, 0) is 18.4 Å². The van der Waals surface area contributed by atoms with Gasteiger partial charge in [0.05, 0.1) is 12.1 Å². The normalized spacial score (nSPS) is 19.0. The van der Waals surface area contributed by atoms with Gasteiger partial charge in [-0.15, -0.1) is 0 Å². The predicted molar refractivity (Wildman–Crippen MR) is 111 cm³/mol. The lowest BCUT2D eigenvalue weighted by Crippen LogP contribution is -2.53. The number of hydrogen-bond acceptors (Lipinski definition) is 5. The van der Waals surface area contributed by atoms with Crippen LogP contribution in [0.25, 0.3) is 10.9 Å². The fourth-order valence-corrected chi connectivity index (χ4v) is 4.39. The fourth-order valence-electron chi connectivity index (χ4n) is 4.39. The number of aryl methyl sites for hydroxylation is 1. The number of fused-ring (bicyclic) bond motifs is 1. The molecule has 0 atom stereocenters. The highest BCUT2D eigenvalue weighted by Crippen LogP contribution is 2.24. The number of hydrogen-bond donors (Lipinski definition) is 2. The Hall–Kier alpha value is -2.42. The van der Waals surface area contributed by atoms with Gasteiger partial charge in [0.1, 0.15) is 5.69 Å². The third-order valence-corrected chi connectivity index (χ3v) is 6.05. The fraction of sp³-hybridized carbons (Fsp3) is 0.524. The average Bonchev–Trinajstić information content (AvgIpc) is 3.07. The number of carboxylic acids is 1. The largest absolute Gasteiger partial charge is 0.477 e. The summed E-state index contributed by atoms with van der Waals surface area (Å²) in [6.45, 7) is 8.21. The molecule has 0 bridgehead atoms. The molecule has 2 saturated heterocycles. The second-order valence-electron chi connectivity index (χ2n) is 7.93. The Bertz CT molecular complexity index is 895. The molecule has 1 amide bonds. The highest BCUT2D eigenvalue weighted by atomic mass is 16.4. The van der Waals surface area contributed by atoms with Gasteiger partial charge >= 0.3 is 5.97 Å². The van der Waals surface area contributed by atoms with E-state index in [1.165, 1.54) is 0 Å². The Morgan fingerprint density at radius 1 is 1.03 bits per heavy atom. The number of carboxylic acid groups (broad SMARTS) is 1. The molecular weight excluding hydrogens is 370 g/mol. The van der Waals surface area contributed by atoms with Crippen LogP contribution in [0.15, 0.2) is 24.3 Å². The lowest BCUT2D eigenvalue weighted by molar-refractivity contribution is -0.134. The molecule has 2 aliphatic heterocycles. The van der Waals surface area contributed by atoms with Crippen molar-refractivity contribution in [2.75, 3.05) is 58.9 Å². The van der Waals surface area contributed by atoms with Crippen molar-refractivity contribution in [1.82, 2.24) is 24.6 Å². The summed E-state index contributed by atoms with van der Waals surface area (Å²) >= 11 is 0. The maximum Gasteiger partial charge on any atom is 0.352 e. The van der Waals surface area contributed by atoms with Crippen LogP contribution < -0.4 is 5.32 Å². The molecule has 8 nitrogen and oxygen atoms in total. The number of aromatic carboxylic acids is 1. The summed E-state index contributed by atoms with van der Waals surface area (Å²) in [4.78, 5) is 30.6. The van der Waals surface area contributed by atoms with E-state index in [1.54, 1.807) is 10.6 Å². The molecule has 1 aromatic carbocycles. The second-order valence-corrected chi connectivity index (χ2v) is 7.93. The summed E-state index contributed by atoms with van der Waals surface area (Å²) in [6.07, 6.45) is 0. The van der Waals surface area contributed by atoms with Gasteiger partial charge in [0.15, 0.2) is 0 Å². The number of carbonyl (C=O) groups is 2. The van der Waals surface area contributed by atoms with Gasteiger partial charge in [-0.1, -0.05) is 18.2 Å². The molecule has 0 radical (unpaired) electrons. The molecule has 156 valence electrons. The maximum absolute atomic E-state index is 12.6. The Morgan fingerprint density at radius 2 is 1.76 bits per heavy atom. The van der Waals surface area contributed by atoms with Crippen LogP contribution in [0.3, 0.4) is 0 Å². The van der Waals surface area contributed by atoms with Gasteiger partial charge < -0.3 is 19.9 Å². The van der Waals surface area contributed by atoms with E-state index >= 15 is 0 Å². The molecule has 8 heteroatoms. The Morgan fingerprint density at radius 3 is 2.45 bits per heavy atom. The first-order valence-corrected chi connectivity index (χ1v) is 10.3. The lowest BCUT2D eigenvalue weighted by Gasteiger charge is -2.36. The summed E-state index contributed by atoms with van der Waals surface area (Å²) in [5, 5.41) is 13.7. The lowest BCUT2D eigenvalue weighted by atomic mass is 10.1. The minimum atomic E-state index is -0.911. The van der Waals surface area contributed by atoms with Crippen LogP contribution in [0.2, 0.25) is 0 Å². The third-order valence-electron chi connectivity index (χ3n) is 6.05. The molecule has 2 aliphatic rings. The van der Waals surface area contributed by atoms with E-state index in [1.807, 2.05) is 24.1 Å². The molecule has 0 unspecified atom stereocenters. The number of nitrogens with zero attached hydrogens (tertiary/aromatic N) is 4. The van der Waals surface area contributed by atoms with Crippen molar-refractivity contribution < 1.29 is 14.7 Å². The van der Waals surface area contributed by atoms with Crippen molar-refractivity contribution >= 4 is 22.8 Å². The highest BCUT2D eigenvalue weighted by Gasteiger charge is 2.24. The third kappa shape index (κ3) is 4.29. The van der Waals surface area contributed by atoms with E-state index in [9.17, 15) is 14.7 Å². The second kappa shape index (κ2) is 8.52. The first-order valence-electron chi connectivity index (χ1n) is 10.3. The van der Waals surface area contributed by atoms with Crippen molar-refractivity contribution in [1.29, 1.82) is 0 Å². The molecule has 0 saturated carbocycles. The van der Waals surface area contributed by atoms with E-state index < -0.39 is 5.97 Å². The molecule has 0 aliphatic carbocycles. The molecular formula is C21H29N5O3. The number of amides is 1. The first kappa shape index (κ1) is 19.9. The summed E-state index contributed by atoms with van der Waals surface area (Å²) in [6, 6.07) is 7.73. The van der Waals surface area contributed by atoms with Gasteiger partial charge in [-0.05, 0) is 11.6 Å². The van der Waals surface area contributed by atoms with Crippen LogP contribution in [0.1, 0.15) is 16.1 Å². The van der Waals surface area contributed by atoms with Crippen molar-refractivity contribution in [3.63, 3.8) is 0 Å². The first-order chi connectivity index (χ1) is 14.0. The predicted octanol–water partition coefficient (Wildman–Crippen LogP) is 0.426. The van der Waals surface area contributed by atoms with Crippen LogP contribution in [0.5, 0.6) is 0 Å². The number of aromatic nitrogens is 1. The minimum Gasteiger partial charge on any atom is -0.477 e. The summed E-state index contributed by atoms with van der Waals surface area (Å²) in [7, 11) is 1.81. The van der Waals surface area contributed by atoms with Crippen molar-refractivity contribution in [3.8, 4) is 0 Å². The van der Waals surface area contributed by atoms with E-state index in [4.69, 9.17) is 0 Å². The number of nitrogens with one attached hydrogen (secondary N) is 1. The maximum atomic E-state index is 12.6. The van der Waals surface area contributed by atoms with Crippen molar-refractivity contribution in [3.05, 3.63) is 35.5 Å². The Balaban J connectivity index is 1.37. The van der Waals surface area contributed by atoms with E-state index in [0.717, 1.165) is 75.4 Å². The SMILES string of the molecule is Cn1c(C(=O)O)cc2cccc(CN3CCN(C(=O)CN4CCNCC4)CC3)c21. The van der Waals surface area contributed by atoms with Gasteiger partial charge in [0.25, 0.3) is 0 Å². The molecule has 2 aromatic rings. The van der Waals surface area contributed by atoms with Gasteiger partial charge in [0.2, 0.25) is 5.91 Å². The molecule has 2 N–H and O–H groups in total. The summed E-state index contributed by atoms with van der Waals surface area (Å²) in [5.41, 5.74) is 2.40. The zero-order chi connectivity index (χ0) is 20.4. The number of benzene rings is 1. The molecule has 2 fully saturated rings. The molecule has 1 aromatic heterocycles. The topological polar surface area (TPSA) is 81.0 Å². The average molecular weight is 399 g/mol. The standard InChI is InChI=1S/C21H29N5O3/c1-23-18(21(28)29)13-16-3-2-4-17(20(16)23)14-25-9-11-26(12-10-25)19(27)15-24-7-5-22-6-8-24/h2-4,13,22H,5-12,14-15H2,1H3,(H,28,29). The van der Waals surface area contributed by atoms with Gasteiger partial charge in [0, 0.05) is 71.3 Å².